The van der Waals surface area contributed by atoms with E-state index >= 15 is 0 Å². The average molecular weight is 701 g/mol. The van der Waals surface area contributed by atoms with Crippen molar-refractivity contribution in [1.29, 1.82) is 0 Å². The van der Waals surface area contributed by atoms with Gasteiger partial charge in [0.05, 0.1) is 0 Å². The highest BCUT2D eigenvalue weighted by atomic mass is 79.9. The SMILES string of the molecule is CCCCCCCCCC(=O)O[C@H]1CC[C@]2(C)[C@@H]3CC[C@@]4(C)[C@H](CC[C@H]4[C@H](C)CCCC(C)C)[C@H]3C[C@H](Br)[C@@]2(Br)C1. The molecule has 0 spiro atoms. The molecule has 0 saturated heterocycles. The summed E-state index contributed by atoms with van der Waals surface area (Å²) in [6, 6.07) is 0. The van der Waals surface area contributed by atoms with Crippen molar-refractivity contribution in [2.45, 2.75) is 179 Å². The summed E-state index contributed by atoms with van der Waals surface area (Å²) in [5.41, 5.74) is 0.782. The largest absolute Gasteiger partial charge is 0.462 e. The van der Waals surface area contributed by atoms with Crippen molar-refractivity contribution in [3.63, 3.8) is 0 Å². The minimum atomic E-state index is 0.0134. The Morgan fingerprint density at radius 1 is 0.878 bits per heavy atom. The number of unbranched alkanes of at least 4 members (excludes halogenated alkanes) is 6. The van der Waals surface area contributed by atoms with E-state index in [1.165, 1.54) is 89.9 Å². The van der Waals surface area contributed by atoms with E-state index in [0.717, 1.165) is 61.2 Å². The van der Waals surface area contributed by atoms with Gasteiger partial charge < -0.3 is 4.74 Å². The molecule has 4 rings (SSSR count). The summed E-state index contributed by atoms with van der Waals surface area (Å²) >= 11 is 8.68. The molecule has 41 heavy (non-hydrogen) atoms. The predicted molar refractivity (Wildman–Crippen MR) is 182 cm³/mol. The zero-order valence-electron chi connectivity index (χ0n) is 27.6. The van der Waals surface area contributed by atoms with Crippen molar-refractivity contribution in [2.75, 3.05) is 0 Å². The van der Waals surface area contributed by atoms with Crippen LogP contribution in [0.3, 0.4) is 0 Å². The Kier molecular flexibility index (Phi) is 12.3. The molecule has 0 heterocycles. The van der Waals surface area contributed by atoms with Crippen LogP contribution in [-0.2, 0) is 9.53 Å². The van der Waals surface area contributed by atoms with E-state index in [9.17, 15) is 4.79 Å². The molecule has 0 N–H and O–H groups in total. The summed E-state index contributed by atoms with van der Waals surface area (Å²) in [5, 5.41) is 0. The van der Waals surface area contributed by atoms with Crippen LogP contribution in [0.25, 0.3) is 0 Å². The molecule has 0 aliphatic heterocycles. The number of rotatable bonds is 14. The maximum atomic E-state index is 12.8. The van der Waals surface area contributed by atoms with Gasteiger partial charge >= 0.3 is 5.97 Å². The molecule has 0 bridgehead atoms. The van der Waals surface area contributed by atoms with Gasteiger partial charge in [-0.05, 0) is 97.7 Å². The maximum absolute atomic E-state index is 12.8. The number of carbonyl (C=O) groups is 1. The summed E-state index contributed by atoms with van der Waals surface area (Å²) in [5.74, 6) is 5.13. The number of hydrogen-bond acceptors (Lipinski definition) is 2. The first-order valence-electron chi connectivity index (χ1n) is 18.0. The highest BCUT2D eigenvalue weighted by Gasteiger charge is 2.67. The van der Waals surface area contributed by atoms with Gasteiger partial charge in [-0.1, -0.05) is 131 Å². The molecule has 4 heteroatoms. The fourth-order valence-corrected chi connectivity index (χ4v) is 12.9. The lowest BCUT2D eigenvalue weighted by Crippen LogP contribution is -2.64. The van der Waals surface area contributed by atoms with Crippen LogP contribution in [0.15, 0.2) is 0 Å². The summed E-state index contributed by atoms with van der Waals surface area (Å²) in [6.45, 7) is 14.9. The molecule has 0 aromatic carbocycles. The first-order chi connectivity index (χ1) is 19.5. The van der Waals surface area contributed by atoms with E-state index in [2.05, 4.69) is 73.4 Å². The lowest BCUT2D eigenvalue weighted by Gasteiger charge is -2.66. The Balaban J connectivity index is 1.34. The van der Waals surface area contributed by atoms with Gasteiger partial charge in [-0.15, -0.1) is 0 Å². The molecule has 0 aromatic rings. The highest BCUT2D eigenvalue weighted by Crippen LogP contribution is 2.71. The predicted octanol–water partition coefficient (Wildman–Crippen LogP) is 12.1. The van der Waals surface area contributed by atoms with Crippen molar-refractivity contribution in [1.82, 2.24) is 0 Å². The third-order valence-corrected chi connectivity index (χ3v) is 16.7. The van der Waals surface area contributed by atoms with Gasteiger partial charge in [0.1, 0.15) is 6.10 Å². The molecular weight excluding hydrogens is 636 g/mol. The topological polar surface area (TPSA) is 26.3 Å². The molecule has 0 aromatic heterocycles. The molecular formula is C37H64Br2O2. The zero-order valence-corrected chi connectivity index (χ0v) is 30.8. The Bertz CT molecular complexity index is 845. The molecule has 0 unspecified atom stereocenters. The Hall–Kier alpha value is 0.430. The number of hydrogen-bond donors (Lipinski definition) is 0. The van der Waals surface area contributed by atoms with E-state index < -0.39 is 0 Å². The van der Waals surface area contributed by atoms with Gasteiger partial charge in [0.15, 0.2) is 0 Å². The van der Waals surface area contributed by atoms with Crippen LogP contribution < -0.4 is 0 Å². The smallest absolute Gasteiger partial charge is 0.306 e. The highest BCUT2D eigenvalue weighted by molar-refractivity contribution is 9.12. The lowest BCUT2D eigenvalue weighted by atomic mass is 9.44. The molecule has 4 saturated carbocycles. The molecule has 4 aliphatic rings. The third-order valence-electron chi connectivity index (χ3n) is 13.2. The third kappa shape index (κ3) is 7.30. The van der Waals surface area contributed by atoms with E-state index in [1.807, 2.05) is 0 Å². The minimum absolute atomic E-state index is 0.0134. The Morgan fingerprint density at radius 3 is 2.29 bits per heavy atom. The fraction of sp³-hybridized carbons (Fsp3) is 0.973. The summed E-state index contributed by atoms with van der Waals surface area (Å²) < 4.78 is 6.18. The van der Waals surface area contributed by atoms with Gasteiger partial charge in [-0.2, -0.15) is 0 Å². The number of carbonyl (C=O) groups excluding carboxylic acids is 1. The number of alkyl halides is 2. The van der Waals surface area contributed by atoms with Crippen LogP contribution >= 0.6 is 31.9 Å². The zero-order chi connectivity index (χ0) is 29.8. The first kappa shape index (κ1) is 34.3. The van der Waals surface area contributed by atoms with Gasteiger partial charge in [0, 0.05) is 22.0 Å². The van der Waals surface area contributed by atoms with Gasteiger partial charge in [-0.3, -0.25) is 4.79 Å². The monoisotopic (exact) mass is 698 g/mol. The maximum Gasteiger partial charge on any atom is 0.306 e. The average Bonchev–Trinajstić information content (AvgIpc) is 3.27. The van der Waals surface area contributed by atoms with E-state index in [-0.39, 0.29) is 21.8 Å². The van der Waals surface area contributed by atoms with Crippen LogP contribution in [0.2, 0.25) is 0 Å². The minimum Gasteiger partial charge on any atom is -0.462 e. The summed E-state index contributed by atoms with van der Waals surface area (Å²) in [7, 11) is 0. The second kappa shape index (κ2) is 14.7. The molecule has 10 atom stereocenters. The van der Waals surface area contributed by atoms with E-state index in [1.54, 1.807) is 0 Å². The van der Waals surface area contributed by atoms with Crippen LogP contribution in [0, 0.1) is 46.3 Å². The van der Waals surface area contributed by atoms with Crippen molar-refractivity contribution in [3.8, 4) is 0 Å². The molecule has 0 radical (unpaired) electrons. The van der Waals surface area contributed by atoms with Gasteiger partial charge in [0.25, 0.3) is 0 Å². The number of ether oxygens (including phenoxy) is 1. The lowest BCUT2D eigenvalue weighted by molar-refractivity contribution is -0.158. The molecule has 0 amide bonds. The van der Waals surface area contributed by atoms with Gasteiger partial charge in [0.2, 0.25) is 0 Å². The van der Waals surface area contributed by atoms with Crippen molar-refractivity contribution >= 4 is 37.8 Å². The van der Waals surface area contributed by atoms with Crippen molar-refractivity contribution in [3.05, 3.63) is 0 Å². The number of fused-ring (bicyclic) bond motifs is 5. The van der Waals surface area contributed by atoms with E-state index in [4.69, 9.17) is 4.74 Å². The second-order valence-corrected chi connectivity index (χ2v) is 18.6. The quantitative estimate of drug-likeness (QED) is 0.102. The molecule has 4 aliphatic carbocycles. The second-order valence-electron chi connectivity index (χ2n) is 16.1. The Labute approximate surface area is 271 Å². The summed E-state index contributed by atoms with van der Waals surface area (Å²) in [6.07, 6.45) is 23.7. The van der Waals surface area contributed by atoms with Crippen LogP contribution in [0.1, 0.15) is 164 Å². The van der Waals surface area contributed by atoms with Crippen LogP contribution in [-0.4, -0.2) is 21.2 Å². The van der Waals surface area contributed by atoms with Crippen molar-refractivity contribution in [2.24, 2.45) is 46.3 Å². The van der Waals surface area contributed by atoms with Gasteiger partial charge in [-0.25, -0.2) is 0 Å². The Morgan fingerprint density at radius 2 is 1.59 bits per heavy atom. The van der Waals surface area contributed by atoms with Crippen LogP contribution in [0.4, 0.5) is 0 Å². The van der Waals surface area contributed by atoms with E-state index in [0.29, 0.717) is 16.7 Å². The summed E-state index contributed by atoms with van der Waals surface area (Å²) in [4.78, 5) is 13.2. The fourth-order valence-electron chi connectivity index (χ4n) is 10.7. The van der Waals surface area contributed by atoms with Crippen LogP contribution in [0.5, 0.6) is 0 Å². The molecule has 2 nitrogen and oxygen atoms in total. The number of halogens is 2. The normalized spacial score (nSPS) is 41.0. The van der Waals surface area contributed by atoms with Crippen molar-refractivity contribution < 1.29 is 9.53 Å². The molecule has 4 fully saturated rings. The number of esters is 1. The first-order valence-corrected chi connectivity index (χ1v) is 19.7. The standard InChI is InChI=1S/C37H64Br2O2/c1-7-8-9-10-11-12-13-17-34(40)41-28-20-23-36(6)32-21-22-35(5)30(27(4)16-14-15-26(2)3)18-19-31(35)29(32)24-33(38)37(36,39)25-28/h26-33H,7-25H2,1-6H3/t27-,28+,29-,30+,31-,32-,33+,35-,36-,37+/m1/s1. The molecule has 238 valence electrons.